The third-order valence-corrected chi connectivity index (χ3v) is 18.9. The third-order valence-electron chi connectivity index (χ3n) is 18.9. The first-order valence-electron chi connectivity index (χ1n) is 39.5. The molecule has 0 saturated heterocycles. The van der Waals surface area contributed by atoms with E-state index in [0.717, 1.165) is 38.5 Å². The summed E-state index contributed by atoms with van der Waals surface area (Å²) in [4.78, 5) is 27.0. The van der Waals surface area contributed by atoms with Crippen LogP contribution in [0.25, 0.3) is 0 Å². The van der Waals surface area contributed by atoms with Crippen molar-refractivity contribution in [2.75, 3.05) is 19.7 Å². The van der Waals surface area contributed by atoms with Gasteiger partial charge in [-0.25, -0.2) is 0 Å². The second-order valence-electron chi connectivity index (χ2n) is 27.3. The third kappa shape index (κ3) is 59.4. The van der Waals surface area contributed by atoms with Crippen molar-refractivity contribution in [2.24, 2.45) is 0 Å². The average Bonchev–Trinajstić information content (AvgIpc) is 3.66. The summed E-state index contributed by atoms with van der Waals surface area (Å²) in [5.74, 6) is 0.388. The van der Waals surface area contributed by atoms with Gasteiger partial charge in [0.2, 0.25) is 0 Å². The van der Waals surface area contributed by atoms with Gasteiger partial charge in [0.05, 0.1) is 12.2 Å². The van der Waals surface area contributed by atoms with Crippen molar-refractivity contribution in [3.05, 3.63) is 29.3 Å². The molecule has 0 aliphatic carbocycles. The standard InChI is InChI=1S/C80H152N2O3/c1-4-7-10-13-16-19-22-25-28-31-33-35-37-39-41-43-45-47-49-52-55-58-61-64-67-72-81-79(83)76-70-71-77(78(75-76)85-74-69-66-63-60-57-54-51-30-27-24-21-18-15-12-9-6-3)80(84)82-73-68-65-62-59-56-53-50-48-46-44-42-40-38-36-34-32-29-26-23-20-17-14-11-8-5-2/h70-71,75H,4-69,72-74H2,1-3H3,(H,81,83)(H,82,84). The summed E-state index contributed by atoms with van der Waals surface area (Å²) in [6.07, 6.45) is 90.9. The monoisotopic (exact) mass is 1190 g/mol. The predicted octanol–water partition coefficient (Wildman–Crippen LogP) is 27.3. The Morgan fingerprint density at radius 2 is 0.459 bits per heavy atom. The molecule has 0 bridgehead atoms. The van der Waals surface area contributed by atoms with Gasteiger partial charge in [0.15, 0.2) is 0 Å². The molecule has 0 atom stereocenters. The van der Waals surface area contributed by atoms with E-state index in [9.17, 15) is 9.59 Å². The molecular weight excluding hydrogens is 1040 g/mol. The Labute approximate surface area is 533 Å². The van der Waals surface area contributed by atoms with Crippen LogP contribution in [-0.4, -0.2) is 31.5 Å². The molecule has 0 saturated carbocycles. The van der Waals surface area contributed by atoms with Gasteiger partial charge < -0.3 is 15.4 Å². The Morgan fingerprint density at radius 3 is 0.694 bits per heavy atom. The van der Waals surface area contributed by atoms with E-state index in [2.05, 4.69) is 31.4 Å². The number of carbonyl (C=O) groups is 2. The largest absolute Gasteiger partial charge is 0.493 e. The molecule has 0 radical (unpaired) electrons. The molecule has 5 heteroatoms. The summed E-state index contributed by atoms with van der Waals surface area (Å²) in [7, 11) is 0. The molecule has 500 valence electrons. The molecule has 2 amide bonds. The normalized spacial score (nSPS) is 11.5. The zero-order valence-corrected chi connectivity index (χ0v) is 58.2. The van der Waals surface area contributed by atoms with Gasteiger partial charge in [-0.15, -0.1) is 0 Å². The van der Waals surface area contributed by atoms with Gasteiger partial charge in [0, 0.05) is 18.7 Å². The zero-order valence-electron chi connectivity index (χ0n) is 58.2. The maximum atomic E-state index is 13.6. The van der Waals surface area contributed by atoms with Crippen LogP contribution in [0.2, 0.25) is 0 Å². The van der Waals surface area contributed by atoms with E-state index in [1.165, 1.54) is 385 Å². The van der Waals surface area contributed by atoms with Crippen LogP contribution in [0.5, 0.6) is 5.75 Å². The molecule has 0 fully saturated rings. The number of ether oxygens (including phenoxy) is 1. The Balaban J connectivity index is 2.25. The minimum atomic E-state index is -0.0892. The Kier molecular flexibility index (Phi) is 66.1. The van der Waals surface area contributed by atoms with Crippen LogP contribution in [-0.2, 0) is 0 Å². The lowest BCUT2D eigenvalue weighted by atomic mass is 10.0. The molecular formula is C80H152N2O3. The molecule has 0 aliphatic rings. The van der Waals surface area contributed by atoms with Gasteiger partial charge in [-0.3, -0.25) is 9.59 Å². The van der Waals surface area contributed by atoms with Crippen molar-refractivity contribution in [3.63, 3.8) is 0 Å². The number of unbranched alkanes of at least 4 members (excludes halogenated alkanes) is 63. The molecule has 0 heterocycles. The summed E-state index contributed by atoms with van der Waals surface area (Å²) in [6.45, 7) is 8.85. The highest BCUT2D eigenvalue weighted by Crippen LogP contribution is 2.24. The summed E-state index contributed by atoms with van der Waals surface area (Å²) < 4.78 is 6.35. The topological polar surface area (TPSA) is 67.4 Å². The van der Waals surface area contributed by atoms with Crippen LogP contribution in [0.1, 0.15) is 465 Å². The molecule has 5 nitrogen and oxygen atoms in total. The molecule has 1 aromatic rings. The van der Waals surface area contributed by atoms with Crippen LogP contribution >= 0.6 is 0 Å². The Hall–Kier alpha value is -2.04. The zero-order chi connectivity index (χ0) is 60.9. The second-order valence-corrected chi connectivity index (χ2v) is 27.3. The minimum Gasteiger partial charge on any atom is -0.493 e. The fourth-order valence-electron chi connectivity index (χ4n) is 12.9. The van der Waals surface area contributed by atoms with Gasteiger partial charge in [-0.2, -0.15) is 0 Å². The van der Waals surface area contributed by atoms with Crippen LogP contribution in [0.4, 0.5) is 0 Å². The van der Waals surface area contributed by atoms with E-state index >= 15 is 0 Å². The van der Waals surface area contributed by atoms with Crippen LogP contribution in [0.3, 0.4) is 0 Å². The van der Waals surface area contributed by atoms with E-state index in [-0.39, 0.29) is 11.8 Å². The summed E-state index contributed by atoms with van der Waals surface area (Å²) in [5, 5.41) is 6.36. The maximum absolute atomic E-state index is 13.6. The van der Waals surface area contributed by atoms with Crippen molar-refractivity contribution in [1.82, 2.24) is 10.6 Å². The first-order chi connectivity index (χ1) is 42.1. The van der Waals surface area contributed by atoms with Gasteiger partial charge in [-0.05, 0) is 37.5 Å². The van der Waals surface area contributed by atoms with Gasteiger partial charge in [0.25, 0.3) is 11.8 Å². The summed E-state index contributed by atoms with van der Waals surface area (Å²) in [5.41, 5.74) is 1.13. The Morgan fingerprint density at radius 1 is 0.259 bits per heavy atom. The molecule has 1 aromatic carbocycles. The minimum absolute atomic E-state index is 0.0704. The van der Waals surface area contributed by atoms with Crippen molar-refractivity contribution in [1.29, 1.82) is 0 Å². The number of hydrogen-bond donors (Lipinski definition) is 2. The number of benzene rings is 1. The lowest BCUT2D eigenvalue weighted by Gasteiger charge is -2.14. The van der Waals surface area contributed by atoms with E-state index in [1.54, 1.807) is 0 Å². The molecule has 2 N–H and O–H groups in total. The molecule has 85 heavy (non-hydrogen) atoms. The highest BCUT2D eigenvalue weighted by atomic mass is 16.5. The molecule has 0 aromatic heterocycles. The fraction of sp³-hybridized carbons (Fsp3) is 0.900. The van der Waals surface area contributed by atoms with Crippen LogP contribution < -0.4 is 15.4 Å². The molecule has 0 unspecified atom stereocenters. The molecule has 1 rings (SSSR count). The number of rotatable bonds is 72. The summed E-state index contributed by atoms with van der Waals surface area (Å²) in [6, 6.07) is 5.44. The fourth-order valence-corrected chi connectivity index (χ4v) is 12.9. The van der Waals surface area contributed by atoms with Gasteiger partial charge in [-0.1, -0.05) is 425 Å². The van der Waals surface area contributed by atoms with Crippen molar-refractivity contribution in [2.45, 2.75) is 445 Å². The smallest absolute Gasteiger partial charge is 0.255 e. The highest BCUT2D eigenvalue weighted by Gasteiger charge is 2.16. The number of hydrogen-bond acceptors (Lipinski definition) is 3. The predicted molar refractivity (Wildman–Crippen MR) is 378 cm³/mol. The van der Waals surface area contributed by atoms with Crippen molar-refractivity contribution < 1.29 is 14.3 Å². The van der Waals surface area contributed by atoms with E-state index in [0.29, 0.717) is 36.6 Å². The second kappa shape index (κ2) is 69.4. The number of amides is 2. The lowest BCUT2D eigenvalue weighted by molar-refractivity contribution is 0.0937. The van der Waals surface area contributed by atoms with Gasteiger partial charge >= 0.3 is 0 Å². The highest BCUT2D eigenvalue weighted by molar-refractivity contribution is 6.00. The van der Waals surface area contributed by atoms with E-state index in [4.69, 9.17) is 4.74 Å². The number of nitrogens with one attached hydrogen (secondary N) is 2. The van der Waals surface area contributed by atoms with E-state index < -0.39 is 0 Å². The van der Waals surface area contributed by atoms with Crippen LogP contribution in [0.15, 0.2) is 18.2 Å². The molecule has 0 spiro atoms. The average molecular weight is 1190 g/mol. The SMILES string of the molecule is CCCCCCCCCCCCCCCCCCCCCCCCCCCNC(=O)c1ccc(C(=O)NCCCCCCCCCCCCCCCCCCCCCCCCCCC)c(OCCCCCCCCCCCCCCCCCC)c1. The quantitative estimate of drug-likeness (QED) is 0.0639. The van der Waals surface area contributed by atoms with Crippen molar-refractivity contribution in [3.8, 4) is 5.75 Å². The Bertz CT molecular complexity index is 1480. The maximum Gasteiger partial charge on any atom is 0.255 e. The number of carbonyl (C=O) groups excluding carboxylic acids is 2. The summed E-state index contributed by atoms with van der Waals surface area (Å²) >= 11 is 0. The first-order valence-corrected chi connectivity index (χ1v) is 39.5. The van der Waals surface area contributed by atoms with Crippen molar-refractivity contribution >= 4 is 11.8 Å². The van der Waals surface area contributed by atoms with E-state index in [1.807, 2.05) is 18.2 Å². The van der Waals surface area contributed by atoms with Crippen LogP contribution in [0, 0.1) is 0 Å². The first kappa shape index (κ1) is 81.0. The lowest BCUT2D eigenvalue weighted by Crippen LogP contribution is -2.26. The van der Waals surface area contributed by atoms with Gasteiger partial charge in [0.1, 0.15) is 5.75 Å². The molecule has 0 aliphatic heterocycles.